The summed E-state index contributed by atoms with van der Waals surface area (Å²) in [4.78, 5) is 9.93. The van der Waals surface area contributed by atoms with Crippen molar-refractivity contribution < 1.29 is 27.0 Å². The van der Waals surface area contributed by atoms with E-state index in [0.29, 0.717) is 33.5 Å². The van der Waals surface area contributed by atoms with E-state index in [9.17, 15) is 9.22 Å². The van der Waals surface area contributed by atoms with E-state index in [1.165, 1.54) is 0 Å². The average Bonchev–Trinajstić information content (AvgIpc) is 3.88. The molecular weight excluding hydrogens is 767 g/mol. The van der Waals surface area contributed by atoms with Crippen molar-refractivity contribution in [2.24, 2.45) is 0 Å². The number of aryl methyl sites for hydroxylation is 1. The molecule has 8 aromatic rings. The molecule has 0 aliphatic heterocycles. The molecule has 0 amide bonds. The molecule has 4 nitrogen and oxygen atoms in total. The van der Waals surface area contributed by atoms with Gasteiger partial charge in [0.1, 0.15) is 11.6 Å². The molecule has 320 valence electrons. The van der Waals surface area contributed by atoms with Crippen molar-refractivity contribution in [3.8, 4) is 67.5 Å². The van der Waals surface area contributed by atoms with Crippen LogP contribution in [0.4, 0.5) is 0 Å². The van der Waals surface area contributed by atoms with E-state index in [2.05, 4.69) is 63.2 Å². The molecule has 2 aromatic heterocycles. The van der Waals surface area contributed by atoms with Crippen LogP contribution in [0.15, 0.2) is 139 Å². The first-order valence-electron chi connectivity index (χ1n) is 29.1. The number of fused-ring (bicyclic) bond motifs is 1. The molecule has 6 aromatic carbocycles. The summed E-state index contributed by atoms with van der Waals surface area (Å²) in [5.41, 5.74) is 1.16. The molecule has 0 radical (unpaired) electrons. The second kappa shape index (κ2) is 15.8. The number of rotatable bonds is 6. The van der Waals surface area contributed by atoms with Gasteiger partial charge in [0.25, 0.3) is 0 Å². The van der Waals surface area contributed by atoms with Gasteiger partial charge >= 0.3 is 0 Å². The van der Waals surface area contributed by atoms with Gasteiger partial charge < -0.3 is 5.11 Å². The van der Waals surface area contributed by atoms with Gasteiger partial charge in [-0.25, -0.2) is 4.98 Å². The maximum absolute atomic E-state index is 12.5. The van der Waals surface area contributed by atoms with Crippen molar-refractivity contribution in [3.63, 3.8) is 0 Å². The Hall–Kier alpha value is -6.26. The Morgan fingerprint density at radius 1 is 0.556 bits per heavy atom. The van der Waals surface area contributed by atoms with Crippen LogP contribution in [0.1, 0.15) is 133 Å². The quantitative estimate of drug-likeness (QED) is 0.181. The van der Waals surface area contributed by atoms with Crippen molar-refractivity contribution in [3.05, 3.63) is 167 Å². The lowest BCUT2D eigenvalue weighted by Gasteiger charge is -2.27. The summed E-state index contributed by atoms with van der Waals surface area (Å²) < 4.78 is 141. The highest BCUT2D eigenvalue weighted by Crippen LogP contribution is 2.46. The summed E-state index contributed by atoms with van der Waals surface area (Å²) in [6.45, 7) is 8.74. The van der Waals surface area contributed by atoms with Crippen LogP contribution in [-0.2, 0) is 21.7 Å². The van der Waals surface area contributed by atoms with Gasteiger partial charge in [0.05, 0.1) is 37.6 Å². The standard InChI is InChI=1S/C59H63N3O/c1-37-22-27-51(47(30-37)39-18-15-14-16-19-39)62-52-21-17-20-46(53(52)61-55(62)48-35-45(58(8,9)10)36-49(54(48)63)59(11,12)13)41-31-42(33-44(32-41)57(5,6)7)50-34-40(28-29-60-50)38-23-25-43(26-24-38)56(2,3)4/h14-36,63H,1-13H3/i2D3,3D3,4D3,23D,24D,25D,26D,28D,29D,34D. The number of imidazole rings is 1. The Bertz CT molecular complexity index is 3670. The summed E-state index contributed by atoms with van der Waals surface area (Å²) in [6, 6.07) is 25.3. The summed E-state index contributed by atoms with van der Waals surface area (Å²) in [7, 11) is 0. The Morgan fingerprint density at radius 2 is 1.24 bits per heavy atom. The maximum atomic E-state index is 12.5. The predicted molar refractivity (Wildman–Crippen MR) is 267 cm³/mol. The Morgan fingerprint density at radius 3 is 1.90 bits per heavy atom. The third kappa shape index (κ3) is 8.61. The van der Waals surface area contributed by atoms with Gasteiger partial charge in [-0.3, -0.25) is 9.55 Å². The first-order valence-corrected chi connectivity index (χ1v) is 21.1. The molecule has 0 unspecified atom stereocenters. The fraction of sp³-hybridized carbons (Fsp3) is 0.288. The van der Waals surface area contributed by atoms with Crippen molar-refractivity contribution in [2.45, 2.75) is 111 Å². The van der Waals surface area contributed by atoms with E-state index >= 15 is 0 Å². The Kier molecular flexibility index (Phi) is 6.96. The normalized spacial score (nSPS) is 16.9. The summed E-state index contributed by atoms with van der Waals surface area (Å²) in [6.07, 6.45) is -0.726. The minimum Gasteiger partial charge on any atom is -0.507 e. The zero-order valence-electron chi connectivity index (χ0n) is 53.5. The lowest BCUT2D eigenvalue weighted by atomic mass is 9.79. The average molecular weight is 846 g/mol. The number of para-hydroxylation sites is 1. The number of hydrogen-bond acceptors (Lipinski definition) is 3. The zero-order chi connectivity index (χ0) is 58.8. The van der Waals surface area contributed by atoms with Crippen molar-refractivity contribution in [1.29, 1.82) is 0 Å². The number of nitrogens with zero attached hydrogens (tertiary/aromatic N) is 3. The van der Waals surface area contributed by atoms with Crippen LogP contribution < -0.4 is 0 Å². The van der Waals surface area contributed by atoms with Gasteiger partial charge in [0.15, 0.2) is 0 Å². The van der Waals surface area contributed by atoms with Gasteiger partial charge in [0, 0.05) is 40.8 Å². The van der Waals surface area contributed by atoms with Crippen LogP contribution in [0.25, 0.3) is 72.7 Å². The van der Waals surface area contributed by atoms with Gasteiger partial charge in [-0.05, 0) is 116 Å². The number of phenols is 1. The van der Waals surface area contributed by atoms with Crippen LogP contribution in [0.2, 0.25) is 0 Å². The number of aromatic hydroxyl groups is 1. The van der Waals surface area contributed by atoms with E-state index in [1.54, 1.807) is 12.1 Å². The highest BCUT2D eigenvalue weighted by molar-refractivity contribution is 5.98. The molecule has 0 bridgehead atoms. The predicted octanol–water partition coefficient (Wildman–Crippen LogP) is 16.0. The number of hydrogen-bond donors (Lipinski definition) is 1. The second-order valence-corrected chi connectivity index (χ2v) is 19.5. The van der Waals surface area contributed by atoms with E-state index in [0.717, 1.165) is 39.1 Å². The molecule has 0 saturated heterocycles. The van der Waals surface area contributed by atoms with E-state index in [4.69, 9.17) is 22.8 Å². The molecule has 0 aliphatic carbocycles. The molecule has 0 spiro atoms. The molecule has 0 fully saturated rings. The van der Waals surface area contributed by atoms with Gasteiger partial charge in [-0.2, -0.15) is 0 Å². The molecule has 63 heavy (non-hydrogen) atoms. The number of phenolic OH excluding ortho intramolecular Hbond substituents is 1. The van der Waals surface area contributed by atoms with Crippen molar-refractivity contribution >= 4 is 11.0 Å². The van der Waals surface area contributed by atoms with E-state index in [1.807, 2.05) is 100 Å². The molecule has 1 N–H and O–H groups in total. The lowest BCUT2D eigenvalue weighted by molar-refractivity contribution is 0.446. The first-order chi connectivity index (χ1) is 36.2. The van der Waals surface area contributed by atoms with Crippen LogP contribution in [0.3, 0.4) is 0 Å². The lowest BCUT2D eigenvalue weighted by Crippen LogP contribution is -2.17. The molecule has 4 heteroatoms. The van der Waals surface area contributed by atoms with Crippen molar-refractivity contribution in [2.75, 3.05) is 0 Å². The maximum Gasteiger partial charge on any atom is 0.149 e. The minimum atomic E-state index is -3.92. The van der Waals surface area contributed by atoms with E-state index in [-0.39, 0.29) is 22.4 Å². The number of pyridine rings is 1. The van der Waals surface area contributed by atoms with Crippen LogP contribution >= 0.6 is 0 Å². The number of benzene rings is 6. The molecule has 2 heterocycles. The van der Waals surface area contributed by atoms with Crippen molar-refractivity contribution in [1.82, 2.24) is 14.5 Å². The van der Waals surface area contributed by atoms with Gasteiger partial charge in [-0.1, -0.05) is 173 Å². The molecule has 0 atom stereocenters. The van der Waals surface area contributed by atoms with Crippen LogP contribution in [-0.4, -0.2) is 19.6 Å². The topological polar surface area (TPSA) is 50.9 Å². The third-order valence-corrected chi connectivity index (χ3v) is 11.4. The zero-order valence-corrected chi connectivity index (χ0v) is 37.5. The number of aromatic nitrogens is 3. The molecule has 8 rings (SSSR count). The monoisotopic (exact) mass is 846 g/mol. The highest BCUT2D eigenvalue weighted by atomic mass is 16.3. The highest BCUT2D eigenvalue weighted by Gasteiger charge is 2.29. The SMILES string of the molecule is [2H]c1nc(-c2cc(-c3cccc4c3nc(-c3cc(C(C)(C)C)cc(C(C)(C)C)c3O)n4-c3ccc(C)cc3-c3ccccc3)cc(C(C)(C)C)c2)c([2H])c(-c2c([2H])c([2H])c(C(C([2H])([2H])[2H])(C([2H])([2H])[2H])C([2H])([2H])[2H])c([2H])c2[2H])c1[2H]. The van der Waals surface area contributed by atoms with Crippen LogP contribution in [0, 0.1) is 6.92 Å². The molecular formula is C59H63N3O. The first kappa shape index (κ1) is 27.7. The summed E-state index contributed by atoms with van der Waals surface area (Å²) in [5, 5.41) is 12.5. The Labute approximate surface area is 398 Å². The molecule has 0 aliphatic rings. The minimum absolute atomic E-state index is 0.0837. The summed E-state index contributed by atoms with van der Waals surface area (Å²) in [5.74, 6) is 0.551. The fourth-order valence-electron chi connectivity index (χ4n) is 7.82. The van der Waals surface area contributed by atoms with Gasteiger partial charge in [0.2, 0.25) is 0 Å². The summed E-state index contributed by atoms with van der Waals surface area (Å²) >= 11 is 0. The largest absolute Gasteiger partial charge is 0.507 e. The van der Waals surface area contributed by atoms with Crippen LogP contribution in [0.5, 0.6) is 5.75 Å². The Balaban J connectivity index is 1.46. The smallest absolute Gasteiger partial charge is 0.149 e. The third-order valence-electron chi connectivity index (χ3n) is 11.4. The fourth-order valence-corrected chi connectivity index (χ4v) is 7.82. The second-order valence-electron chi connectivity index (χ2n) is 19.5. The molecule has 0 saturated carbocycles. The van der Waals surface area contributed by atoms with Gasteiger partial charge in [-0.15, -0.1) is 0 Å². The van der Waals surface area contributed by atoms with E-state index < -0.39 is 95.9 Å².